The number of carbonyl (C=O) groups is 1. The summed E-state index contributed by atoms with van der Waals surface area (Å²) in [4.78, 5) is 16.5. The van der Waals surface area contributed by atoms with Crippen LogP contribution >= 0.6 is 0 Å². The number of hydrogen-bond acceptors (Lipinski definition) is 3. The molecule has 2 aromatic rings. The number of carboxylic acid groups (broad SMARTS) is 1. The number of pyridine rings is 1. The summed E-state index contributed by atoms with van der Waals surface area (Å²) >= 11 is 0. The highest BCUT2D eigenvalue weighted by Crippen LogP contribution is 2.23. The van der Waals surface area contributed by atoms with E-state index in [-0.39, 0.29) is 6.54 Å². The van der Waals surface area contributed by atoms with E-state index in [0.29, 0.717) is 5.82 Å². The van der Waals surface area contributed by atoms with Crippen LogP contribution in [0.1, 0.15) is 0 Å². The third kappa shape index (κ3) is 1.71. The molecule has 2 aromatic heterocycles. The van der Waals surface area contributed by atoms with Crippen LogP contribution in [0.4, 0.5) is 5.82 Å². The fourth-order valence-corrected chi connectivity index (χ4v) is 1.78. The van der Waals surface area contributed by atoms with E-state index >= 15 is 0 Å². The quantitative estimate of drug-likeness (QED) is 0.839. The number of rotatable bonds is 3. The Morgan fingerprint density at radius 1 is 1.56 bits per heavy atom. The number of anilines is 1. The van der Waals surface area contributed by atoms with Gasteiger partial charge in [-0.2, -0.15) is 0 Å². The molecule has 0 radical (unpaired) electrons. The van der Waals surface area contributed by atoms with Gasteiger partial charge in [-0.25, -0.2) is 4.98 Å². The summed E-state index contributed by atoms with van der Waals surface area (Å²) in [7, 11) is 3.64. The first-order chi connectivity index (χ1) is 7.59. The third-order valence-electron chi connectivity index (χ3n) is 2.50. The molecule has 0 atom stereocenters. The summed E-state index contributed by atoms with van der Waals surface area (Å²) in [6, 6.07) is 3.89. The van der Waals surface area contributed by atoms with Gasteiger partial charge >= 0.3 is 5.97 Å². The molecule has 0 aromatic carbocycles. The van der Waals surface area contributed by atoms with Crippen molar-refractivity contribution < 1.29 is 9.90 Å². The van der Waals surface area contributed by atoms with Gasteiger partial charge in [-0.3, -0.25) is 4.79 Å². The van der Waals surface area contributed by atoms with Crippen LogP contribution in [0.2, 0.25) is 0 Å². The SMILES string of the molecule is CN(CC(=O)O)c1nccc2ccn(C)c12. The van der Waals surface area contributed by atoms with Crippen molar-refractivity contribution in [3.05, 3.63) is 24.5 Å². The molecule has 0 bridgehead atoms. The van der Waals surface area contributed by atoms with Gasteiger partial charge in [-0.15, -0.1) is 0 Å². The molecule has 0 aliphatic heterocycles. The Balaban J connectivity index is 2.50. The van der Waals surface area contributed by atoms with E-state index in [9.17, 15) is 4.79 Å². The maximum atomic E-state index is 10.7. The molecule has 1 N–H and O–H groups in total. The smallest absolute Gasteiger partial charge is 0.323 e. The van der Waals surface area contributed by atoms with Gasteiger partial charge in [-0.05, 0) is 12.1 Å². The van der Waals surface area contributed by atoms with Gasteiger partial charge in [0.15, 0.2) is 5.82 Å². The maximum absolute atomic E-state index is 10.7. The summed E-state index contributed by atoms with van der Waals surface area (Å²) in [5, 5.41) is 9.82. The molecule has 0 saturated carbocycles. The van der Waals surface area contributed by atoms with Crippen molar-refractivity contribution in [2.75, 3.05) is 18.5 Å². The van der Waals surface area contributed by atoms with Crippen LogP contribution in [0, 0.1) is 0 Å². The van der Waals surface area contributed by atoms with Crippen LogP contribution < -0.4 is 4.90 Å². The van der Waals surface area contributed by atoms with Crippen LogP contribution in [0.5, 0.6) is 0 Å². The van der Waals surface area contributed by atoms with Crippen molar-refractivity contribution in [3.63, 3.8) is 0 Å². The lowest BCUT2D eigenvalue weighted by Crippen LogP contribution is -2.26. The van der Waals surface area contributed by atoms with E-state index in [1.807, 2.05) is 29.9 Å². The van der Waals surface area contributed by atoms with Crippen LogP contribution in [-0.4, -0.2) is 34.2 Å². The summed E-state index contributed by atoms with van der Waals surface area (Å²) in [6.07, 6.45) is 3.63. The molecule has 2 heterocycles. The van der Waals surface area contributed by atoms with Crippen LogP contribution in [-0.2, 0) is 11.8 Å². The molecule has 0 fully saturated rings. The first-order valence-electron chi connectivity index (χ1n) is 4.92. The highest BCUT2D eigenvalue weighted by atomic mass is 16.4. The first kappa shape index (κ1) is 10.5. The van der Waals surface area contributed by atoms with Gasteiger partial charge < -0.3 is 14.6 Å². The standard InChI is InChI=1S/C11H13N3O2/c1-13-6-4-8-3-5-12-11(10(8)13)14(2)7-9(15)16/h3-6H,7H2,1-2H3,(H,15,16). The number of fused-ring (bicyclic) bond motifs is 1. The molecular formula is C11H13N3O2. The zero-order valence-corrected chi connectivity index (χ0v) is 9.21. The minimum Gasteiger partial charge on any atom is -0.480 e. The van der Waals surface area contributed by atoms with Crippen LogP contribution in [0.3, 0.4) is 0 Å². The molecule has 0 aliphatic rings. The highest BCUT2D eigenvalue weighted by molar-refractivity contribution is 5.90. The zero-order chi connectivity index (χ0) is 11.7. The number of carboxylic acids is 1. The van der Waals surface area contributed by atoms with Crippen molar-refractivity contribution in [1.82, 2.24) is 9.55 Å². The molecule has 2 rings (SSSR count). The lowest BCUT2D eigenvalue weighted by atomic mass is 10.3. The predicted octanol–water partition coefficient (Wildman–Crippen LogP) is 1.09. The lowest BCUT2D eigenvalue weighted by molar-refractivity contribution is -0.135. The largest absolute Gasteiger partial charge is 0.480 e. The second-order valence-corrected chi connectivity index (χ2v) is 3.75. The maximum Gasteiger partial charge on any atom is 0.323 e. The van der Waals surface area contributed by atoms with Crippen molar-refractivity contribution >= 4 is 22.7 Å². The lowest BCUT2D eigenvalue weighted by Gasteiger charge is -2.17. The predicted molar refractivity (Wildman–Crippen MR) is 61.6 cm³/mol. The van der Waals surface area contributed by atoms with E-state index in [2.05, 4.69) is 4.98 Å². The number of nitrogens with zero attached hydrogens (tertiary/aromatic N) is 3. The van der Waals surface area contributed by atoms with Crippen molar-refractivity contribution in [3.8, 4) is 0 Å². The Kier molecular flexibility index (Phi) is 2.52. The molecular weight excluding hydrogens is 206 g/mol. The Labute approximate surface area is 92.9 Å². The molecule has 0 saturated heterocycles. The Bertz CT molecular complexity index is 533. The number of aliphatic carboxylic acids is 1. The fourth-order valence-electron chi connectivity index (χ4n) is 1.78. The molecule has 0 amide bonds. The Hall–Kier alpha value is -2.04. The van der Waals surface area contributed by atoms with Gasteiger partial charge in [0.25, 0.3) is 0 Å². The Morgan fingerprint density at radius 3 is 3.00 bits per heavy atom. The Morgan fingerprint density at radius 2 is 2.31 bits per heavy atom. The van der Waals surface area contributed by atoms with Crippen molar-refractivity contribution in [2.24, 2.45) is 7.05 Å². The van der Waals surface area contributed by atoms with Crippen molar-refractivity contribution in [1.29, 1.82) is 0 Å². The molecule has 5 nitrogen and oxygen atoms in total. The zero-order valence-electron chi connectivity index (χ0n) is 9.21. The van der Waals surface area contributed by atoms with E-state index < -0.39 is 5.97 Å². The van der Waals surface area contributed by atoms with Gasteiger partial charge in [0.1, 0.15) is 6.54 Å². The van der Waals surface area contributed by atoms with E-state index in [0.717, 1.165) is 10.9 Å². The monoisotopic (exact) mass is 219 g/mol. The second kappa shape index (κ2) is 3.84. The fraction of sp³-hybridized carbons (Fsp3) is 0.273. The third-order valence-corrected chi connectivity index (χ3v) is 2.50. The van der Waals surface area contributed by atoms with Gasteiger partial charge in [0.05, 0.1) is 5.52 Å². The van der Waals surface area contributed by atoms with Crippen molar-refractivity contribution in [2.45, 2.75) is 0 Å². The number of aromatic nitrogens is 2. The van der Waals surface area contributed by atoms with E-state index in [1.54, 1.807) is 18.1 Å². The van der Waals surface area contributed by atoms with Crippen LogP contribution in [0.15, 0.2) is 24.5 Å². The van der Waals surface area contributed by atoms with Gasteiger partial charge in [-0.1, -0.05) is 0 Å². The molecule has 0 spiro atoms. The summed E-state index contributed by atoms with van der Waals surface area (Å²) < 4.78 is 1.94. The highest BCUT2D eigenvalue weighted by Gasteiger charge is 2.12. The minimum absolute atomic E-state index is 0.0582. The number of hydrogen-bond donors (Lipinski definition) is 1. The normalized spacial score (nSPS) is 10.6. The van der Waals surface area contributed by atoms with E-state index in [4.69, 9.17) is 5.11 Å². The number of aryl methyl sites for hydroxylation is 1. The minimum atomic E-state index is -0.865. The number of likely N-dealkylation sites (N-methyl/N-ethyl adjacent to an activating group) is 1. The summed E-state index contributed by atoms with van der Waals surface area (Å²) in [6.45, 7) is -0.0582. The summed E-state index contributed by atoms with van der Waals surface area (Å²) in [5.74, 6) is -0.178. The molecule has 84 valence electrons. The van der Waals surface area contributed by atoms with Gasteiger partial charge in [0, 0.05) is 31.9 Å². The molecule has 0 unspecified atom stereocenters. The molecule has 16 heavy (non-hydrogen) atoms. The van der Waals surface area contributed by atoms with E-state index in [1.165, 1.54) is 0 Å². The average molecular weight is 219 g/mol. The van der Waals surface area contributed by atoms with Crippen LogP contribution in [0.25, 0.3) is 10.9 Å². The average Bonchev–Trinajstić information content (AvgIpc) is 2.59. The van der Waals surface area contributed by atoms with Gasteiger partial charge in [0.2, 0.25) is 0 Å². The first-order valence-corrected chi connectivity index (χ1v) is 4.92. The second-order valence-electron chi connectivity index (χ2n) is 3.75. The molecule has 0 aliphatic carbocycles. The topological polar surface area (TPSA) is 58.4 Å². The summed E-state index contributed by atoms with van der Waals surface area (Å²) in [5.41, 5.74) is 0.950. The molecule has 5 heteroatoms.